The van der Waals surface area contributed by atoms with E-state index in [4.69, 9.17) is 5.26 Å². The Kier molecular flexibility index (Phi) is 3.77. The van der Waals surface area contributed by atoms with Gasteiger partial charge in [0, 0.05) is 37.6 Å². The standard InChI is InChI=1S/C18H20N6/c1-13-8-17(22-12-21-13)23-6-3-15-4-7-24(16(15)11-23)18-9-14(10-19)2-5-20-18/h2,5,8-9,12,15-16H,3-4,6-7,11H2,1H3. The monoisotopic (exact) mass is 320 g/mol. The maximum Gasteiger partial charge on any atom is 0.132 e. The molecule has 2 aromatic heterocycles. The van der Waals surface area contributed by atoms with Gasteiger partial charge < -0.3 is 9.80 Å². The molecule has 2 aliphatic rings. The minimum Gasteiger partial charge on any atom is -0.354 e. The number of aromatic nitrogens is 3. The molecule has 4 heterocycles. The van der Waals surface area contributed by atoms with Gasteiger partial charge in [-0.05, 0) is 37.8 Å². The summed E-state index contributed by atoms with van der Waals surface area (Å²) in [4.78, 5) is 17.9. The third kappa shape index (κ3) is 2.67. The first kappa shape index (κ1) is 14.9. The highest BCUT2D eigenvalue weighted by atomic mass is 15.3. The molecule has 6 heteroatoms. The van der Waals surface area contributed by atoms with E-state index in [9.17, 15) is 0 Å². The van der Waals surface area contributed by atoms with E-state index in [-0.39, 0.29) is 0 Å². The fourth-order valence-corrected chi connectivity index (χ4v) is 3.89. The zero-order valence-corrected chi connectivity index (χ0v) is 13.8. The number of pyridine rings is 1. The smallest absolute Gasteiger partial charge is 0.132 e. The number of nitrogens with zero attached hydrogens (tertiary/aromatic N) is 6. The van der Waals surface area contributed by atoms with Crippen molar-refractivity contribution in [3.05, 3.63) is 42.0 Å². The zero-order valence-electron chi connectivity index (χ0n) is 13.8. The summed E-state index contributed by atoms with van der Waals surface area (Å²) in [5, 5.41) is 9.14. The topological polar surface area (TPSA) is 68.9 Å². The van der Waals surface area contributed by atoms with Gasteiger partial charge in [-0.3, -0.25) is 0 Å². The third-order valence-corrected chi connectivity index (χ3v) is 5.14. The Bertz CT molecular complexity index is 783. The lowest BCUT2D eigenvalue weighted by Gasteiger charge is -2.39. The van der Waals surface area contributed by atoms with E-state index in [0.717, 1.165) is 37.0 Å². The van der Waals surface area contributed by atoms with E-state index in [1.807, 2.05) is 19.1 Å². The summed E-state index contributed by atoms with van der Waals surface area (Å²) in [6.45, 7) is 4.99. The third-order valence-electron chi connectivity index (χ3n) is 5.14. The Hall–Kier alpha value is -2.68. The lowest BCUT2D eigenvalue weighted by Crippen LogP contribution is -2.48. The molecule has 2 aliphatic heterocycles. The highest BCUT2D eigenvalue weighted by Gasteiger charge is 2.39. The number of anilines is 2. The molecule has 0 aliphatic carbocycles. The molecule has 2 fully saturated rings. The Labute approximate surface area is 141 Å². The summed E-state index contributed by atoms with van der Waals surface area (Å²) < 4.78 is 0. The normalized spacial score (nSPS) is 23.0. The summed E-state index contributed by atoms with van der Waals surface area (Å²) in [6, 6.07) is 8.34. The first-order valence-electron chi connectivity index (χ1n) is 8.41. The van der Waals surface area contributed by atoms with Crippen LogP contribution in [0.3, 0.4) is 0 Å². The molecule has 122 valence electrons. The Morgan fingerprint density at radius 3 is 2.83 bits per heavy atom. The minimum absolute atomic E-state index is 0.426. The van der Waals surface area contributed by atoms with Crippen LogP contribution in [0.1, 0.15) is 24.1 Å². The van der Waals surface area contributed by atoms with Gasteiger partial charge in [-0.15, -0.1) is 0 Å². The molecule has 24 heavy (non-hydrogen) atoms. The van der Waals surface area contributed by atoms with Gasteiger partial charge in [0.25, 0.3) is 0 Å². The van der Waals surface area contributed by atoms with Crippen LogP contribution in [-0.4, -0.2) is 40.6 Å². The molecule has 0 radical (unpaired) electrons. The molecule has 0 spiro atoms. The first-order chi connectivity index (χ1) is 11.7. The fourth-order valence-electron chi connectivity index (χ4n) is 3.89. The van der Waals surface area contributed by atoms with Gasteiger partial charge in [-0.2, -0.15) is 5.26 Å². The van der Waals surface area contributed by atoms with Crippen LogP contribution in [0.25, 0.3) is 0 Å². The van der Waals surface area contributed by atoms with Crippen molar-refractivity contribution in [3.63, 3.8) is 0 Å². The van der Waals surface area contributed by atoms with Gasteiger partial charge in [0.05, 0.1) is 17.7 Å². The summed E-state index contributed by atoms with van der Waals surface area (Å²) in [6.07, 6.45) is 5.73. The lowest BCUT2D eigenvalue weighted by atomic mass is 9.92. The molecule has 4 rings (SSSR count). The van der Waals surface area contributed by atoms with Crippen LogP contribution in [0, 0.1) is 24.2 Å². The molecule has 0 N–H and O–H groups in total. The SMILES string of the molecule is Cc1cc(N2CCC3CCN(c4cc(C#N)ccn4)C3C2)ncn1. The van der Waals surface area contributed by atoms with E-state index in [1.165, 1.54) is 12.8 Å². The molecule has 0 bridgehead atoms. The quantitative estimate of drug-likeness (QED) is 0.844. The predicted molar refractivity (Wildman–Crippen MR) is 91.8 cm³/mol. The van der Waals surface area contributed by atoms with Gasteiger partial charge >= 0.3 is 0 Å². The molecule has 0 aromatic carbocycles. The van der Waals surface area contributed by atoms with Gasteiger partial charge in [0.15, 0.2) is 0 Å². The molecule has 2 unspecified atom stereocenters. The Balaban J connectivity index is 1.58. The number of fused-ring (bicyclic) bond motifs is 1. The Morgan fingerprint density at radius 1 is 1.12 bits per heavy atom. The summed E-state index contributed by atoms with van der Waals surface area (Å²) >= 11 is 0. The zero-order chi connectivity index (χ0) is 16.5. The molecule has 2 aromatic rings. The molecule has 0 amide bonds. The summed E-state index contributed by atoms with van der Waals surface area (Å²) in [5.74, 6) is 2.62. The summed E-state index contributed by atoms with van der Waals surface area (Å²) in [5.41, 5.74) is 1.66. The number of piperidine rings is 1. The van der Waals surface area contributed by atoms with Crippen LogP contribution in [0.4, 0.5) is 11.6 Å². The largest absolute Gasteiger partial charge is 0.354 e. The van der Waals surface area contributed by atoms with E-state index in [0.29, 0.717) is 17.5 Å². The van der Waals surface area contributed by atoms with Crippen LogP contribution in [0.2, 0.25) is 0 Å². The second-order valence-electron chi connectivity index (χ2n) is 6.58. The highest BCUT2D eigenvalue weighted by Crippen LogP contribution is 2.35. The lowest BCUT2D eigenvalue weighted by molar-refractivity contribution is 0.388. The van der Waals surface area contributed by atoms with Crippen LogP contribution in [0.15, 0.2) is 30.7 Å². The van der Waals surface area contributed by atoms with Crippen LogP contribution < -0.4 is 9.80 Å². The van der Waals surface area contributed by atoms with Gasteiger partial charge in [0.2, 0.25) is 0 Å². The van der Waals surface area contributed by atoms with E-state index in [2.05, 4.69) is 30.8 Å². The number of hydrogen-bond donors (Lipinski definition) is 0. The average molecular weight is 320 g/mol. The Morgan fingerprint density at radius 2 is 2.00 bits per heavy atom. The van der Waals surface area contributed by atoms with Crippen molar-refractivity contribution < 1.29 is 0 Å². The highest BCUT2D eigenvalue weighted by molar-refractivity contribution is 5.49. The van der Waals surface area contributed by atoms with Gasteiger partial charge in [-0.25, -0.2) is 15.0 Å². The van der Waals surface area contributed by atoms with Crippen molar-refractivity contribution in [2.45, 2.75) is 25.8 Å². The second kappa shape index (κ2) is 6.08. The summed E-state index contributed by atoms with van der Waals surface area (Å²) in [7, 11) is 0. The number of nitriles is 1. The molecular weight excluding hydrogens is 300 g/mol. The maximum atomic E-state index is 9.14. The first-order valence-corrected chi connectivity index (χ1v) is 8.41. The minimum atomic E-state index is 0.426. The van der Waals surface area contributed by atoms with E-state index < -0.39 is 0 Å². The molecular formula is C18H20N6. The van der Waals surface area contributed by atoms with Crippen LogP contribution in [0.5, 0.6) is 0 Å². The van der Waals surface area contributed by atoms with Crippen molar-refractivity contribution in [3.8, 4) is 6.07 Å². The van der Waals surface area contributed by atoms with E-state index >= 15 is 0 Å². The number of rotatable bonds is 2. The van der Waals surface area contributed by atoms with E-state index in [1.54, 1.807) is 18.6 Å². The number of aryl methyl sites for hydroxylation is 1. The number of hydrogen-bond acceptors (Lipinski definition) is 6. The molecule has 0 saturated carbocycles. The molecule has 2 atom stereocenters. The van der Waals surface area contributed by atoms with Crippen molar-refractivity contribution in [1.82, 2.24) is 15.0 Å². The second-order valence-corrected chi connectivity index (χ2v) is 6.58. The van der Waals surface area contributed by atoms with Crippen molar-refractivity contribution in [2.24, 2.45) is 5.92 Å². The van der Waals surface area contributed by atoms with Crippen LogP contribution >= 0.6 is 0 Å². The predicted octanol–water partition coefficient (Wildman–Crippen LogP) is 2.16. The van der Waals surface area contributed by atoms with Crippen molar-refractivity contribution in [1.29, 1.82) is 5.26 Å². The molecule has 2 saturated heterocycles. The van der Waals surface area contributed by atoms with Gasteiger partial charge in [-0.1, -0.05) is 0 Å². The maximum absolute atomic E-state index is 9.14. The van der Waals surface area contributed by atoms with Crippen molar-refractivity contribution in [2.75, 3.05) is 29.4 Å². The fraction of sp³-hybridized carbons (Fsp3) is 0.444. The average Bonchev–Trinajstić information content (AvgIpc) is 3.05. The van der Waals surface area contributed by atoms with Crippen molar-refractivity contribution >= 4 is 11.6 Å². The molecule has 6 nitrogen and oxygen atoms in total. The van der Waals surface area contributed by atoms with Gasteiger partial charge in [0.1, 0.15) is 18.0 Å². The van der Waals surface area contributed by atoms with Crippen LogP contribution in [-0.2, 0) is 0 Å².